The fraction of sp³-hybridized carbons (Fsp3) is 1.00. The highest BCUT2D eigenvalue weighted by Crippen LogP contribution is 2.34. The van der Waals surface area contributed by atoms with E-state index in [1.54, 1.807) is 0 Å². The van der Waals surface area contributed by atoms with Crippen LogP contribution in [0.1, 0.15) is 59.8 Å². The van der Waals surface area contributed by atoms with Gasteiger partial charge in [0.05, 0.1) is 0 Å². The maximum atomic E-state index is 3.56. The molecule has 2 aliphatic rings. The van der Waals surface area contributed by atoms with Crippen LogP contribution in [0.4, 0.5) is 0 Å². The Morgan fingerprint density at radius 1 is 1.15 bits per heavy atom. The molecule has 20 heavy (non-hydrogen) atoms. The van der Waals surface area contributed by atoms with Gasteiger partial charge in [-0.3, -0.25) is 0 Å². The molecule has 0 aromatic heterocycles. The van der Waals surface area contributed by atoms with Crippen LogP contribution >= 0.6 is 0 Å². The van der Waals surface area contributed by atoms with Gasteiger partial charge in [-0.25, -0.2) is 0 Å². The topological polar surface area (TPSA) is 15.3 Å². The number of likely N-dealkylation sites (tertiary alicyclic amines) is 1. The smallest absolute Gasteiger partial charge is 0.00159 e. The van der Waals surface area contributed by atoms with Crippen LogP contribution < -0.4 is 5.32 Å². The first-order valence-electron chi connectivity index (χ1n) is 8.90. The maximum Gasteiger partial charge on any atom is -0.00159 e. The summed E-state index contributed by atoms with van der Waals surface area (Å²) in [6, 6.07) is 0. The molecule has 0 spiro atoms. The van der Waals surface area contributed by atoms with E-state index in [1.165, 1.54) is 64.8 Å². The van der Waals surface area contributed by atoms with Crippen molar-refractivity contribution >= 4 is 0 Å². The third kappa shape index (κ3) is 4.73. The van der Waals surface area contributed by atoms with Gasteiger partial charge in [0.2, 0.25) is 0 Å². The van der Waals surface area contributed by atoms with Gasteiger partial charge in [-0.2, -0.15) is 0 Å². The van der Waals surface area contributed by atoms with Crippen LogP contribution in [-0.2, 0) is 0 Å². The van der Waals surface area contributed by atoms with Crippen molar-refractivity contribution in [2.45, 2.75) is 59.8 Å². The quantitative estimate of drug-likeness (QED) is 0.843. The Kier molecular flexibility index (Phi) is 5.92. The first-order chi connectivity index (χ1) is 9.47. The highest BCUT2D eigenvalue weighted by molar-refractivity contribution is 4.81. The van der Waals surface area contributed by atoms with Gasteiger partial charge < -0.3 is 10.2 Å². The van der Waals surface area contributed by atoms with E-state index in [9.17, 15) is 0 Å². The minimum absolute atomic E-state index is 0.507. The van der Waals surface area contributed by atoms with Gasteiger partial charge in [0.1, 0.15) is 0 Å². The van der Waals surface area contributed by atoms with Crippen molar-refractivity contribution in [3.63, 3.8) is 0 Å². The number of hydrogen-bond acceptors (Lipinski definition) is 2. The molecule has 0 saturated carbocycles. The lowest BCUT2D eigenvalue weighted by Gasteiger charge is -2.39. The van der Waals surface area contributed by atoms with Gasteiger partial charge in [-0.1, -0.05) is 27.7 Å². The number of nitrogens with zero attached hydrogens (tertiary/aromatic N) is 1. The molecule has 1 N–H and O–H groups in total. The monoisotopic (exact) mass is 280 g/mol. The van der Waals surface area contributed by atoms with Crippen LogP contribution in [0.3, 0.4) is 0 Å². The summed E-state index contributed by atoms with van der Waals surface area (Å²) in [5.74, 6) is 2.75. The van der Waals surface area contributed by atoms with E-state index >= 15 is 0 Å². The fourth-order valence-corrected chi connectivity index (χ4v) is 4.01. The van der Waals surface area contributed by atoms with E-state index in [1.807, 2.05) is 0 Å². The first kappa shape index (κ1) is 16.3. The summed E-state index contributed by atoms with van der Waals surface area (Å²) < 4.78 is 0. The SMILES string of the molecule is CC(CCN1CCC(C(C)(C)C)CC1)C1CCCNC1. The van der Waals surface area contributed by atoms with Crippen LogP contribution in [0.25, 0.3) is 0 Å². The molecule has 2 aliphatic heterocycles. The van der Waals surface area contributed by atoms with E-state index in [0.29, 0.717) is 5.41 Å². The molecule has 0 radical (unpaired) electrons. The molecule has 2 fully saturated rings. The zero-order chi connectivity index (χ0) is 14.6. The Morgan fingerprint density at radius 2 is 1.85 bits per heavy atom. The average molecular weight is 280 g/mol. The summed E-state index contributed by atoms with van der Waals surface area (Å²) in [6.07, 6.45) is 7.03. The highest BCUT2D eigenvalue weighted by Gasteiger charge is 2.29. The highest BCUT2D eigenvalue weighted by atomic mass is 15.1. The van der Waals surface area contributed by atoms with Crippen molar-refractivity contribution in [1.29, 1.82) is 0 Å². The molecule has 2 nitrogen and oxygen atoms in total. The Labute approximate surface area is 126 Å². The third-order valence-electron chi connectivity index (χ3n) is 5.85. The zero-order valence-electron chi connectivity index (χ0n) is 14.3. The van der Waals surface area contributed by atoms with Gasteiger partial charge in [-0.15, -0.1) is 0 Å². The van der Waals surface area contributed by atoms with Gasteiger partial charge in [0.25, 0.3) is 0 Å². The molecule has 0 bridgehead atoms. The minimum Gasteiger partial charge on any atom is -0.316 e. The molecule has 0 aromatic rings. The zero-order valence-corrected chi connectivity index (χ0v) is 14.3. The van der Waals surface area contributed by atoms with Crippen LogP contribution in [0.15, 0.2) is 0 Å². The lowest BCUT2D eigenvalue weighted by molar-refractivity contribution is 0.104. The predicted molar refractivity (Wildman–Crippen MR) is 88.0 cm³/mol. The largest absolute Gasteiger partial charge is 0.316 e. The van der Waals surface area contributed by atoms with Crippen molar-refractivity contribution in [3.05, 3.63) is 0 Å². The van der Waals surface area contributed by atoms with Crippen LogP contribution in [0.2, 0.25) is 0 Å². The summed E-state index contributed by atoms with van der Waals surface area (Å²) in [5.41, 5.74) is 0.507. The number of piperidine rings is 2. The molecule has 0 aliphatic carbocycles. The number of nitrogens with one attached hydrogen (secondary N) is 1. The molecule has 0 aromatic carbocycles. The molecule has 2 saturated heterocycles. The molecule has 118 valence electrons. The Hall–Kier alpha value is -0.0800. The van der Waals surface area contributed by atoms with E-state index in [-0.39, 0.29) is 0 Å². The van der Waals surface area contributed by atoms with Crippen LogP contribution in [0, 0.1) is 23.2 Å². The molecule has 0 amide bonds. The summed E-state index contributed by atoms with van der Waals surface area (Å²) in [7, 11) is 0. The molecule has 2 heteroatoms. The Morgan fingerprint density at radius 3 is 2.40 bits per heavy atom. The first-order valence-corrected chi connectivity index (χ1v) is 8.90. The summed E-state index contributed by atoms with van der Waals surface area (Å²) >= 11 is 0. The molecule has 2 rings (SSSR count). The number of rotatable bonds is 4. The third-order valence-corrected chi connectivity index (χ3v) is 5.85. The normalized spacial score (nSPS) is 28.5. The maximum absolute atomic E-state index is 3.56. The molecule has 2 heterocycles. The number of hydrogen-bond donors (Lipinski definition) is 1. The average Bonchev–Trinajstić information content (AvgIpc) is 2.45. The van der Waals surface area contributed by atoms with E-state index in [0.717, 1.165) is 17.8 Å². The lowest BCUT2D eigenvalue weighted by atomic mass is 9.75. The van der Waals surface area contributed by atoms with Crippen molar-refractivity contribution in [3.8, 4) is 0 Å². The minimum atomic E-state index is 0.507. The van der Waals surface area contributed by atoms with Gasteiger partial charge in [0, 0.05) is 0 Å². The summed E-state index contributed by atoms with van der Waals surface area (Å²) in [4.78, 5) is 2.72. The van der Waals surface area contributed by atoms with Gasteiger partial charge in [-0.05, 0) is 88.0 Å². The van der Waals surface area contributed by atoms with E-state index in [4.69, 9.17) is 0 Å². The second-order valence-corrected chi connectivity index (χ2v) is 8.35. The second kappa shape index (κ2) is 7.26. The van der Waals surface area contributed by atoms with Crippen molar-refractivity contribution in [2.24, 2.45) is 23.2 Å². The van der Waals surface area contributed by atoms with Crippen LogP contribution in [-0.4, -0.2) is 37.6 Å². The van der Waals surface area contributed by atoms with Crippen molar-refractivity contribution < 1.29 is 0 Å². The van der Waals surface area contributed by atoms with Crippen molar-refractivity contribution in [2.75, 3.05) is 32.7 Å². The van der Waals surface area contributed by atoms with Crippen LogP contribution in [0.5, 0.6) is 0 Å². The lowest BCUT2D eigenvalue weighted by Crippen LogP contribution is -2.39. The summed E-state index contributed by atoms with van der Waals surface area (Å²) in [6.45, 7) is 16.2. The Bertz CT molecular complexity index is 268. The molecule has 2 atom stereocenters. The van der Waals surface area contributed by atoms with Crippen molar-refractivity contribution in [1.82, 2.24) is 10.2 Å². The van der Waals surface area contributed by atoms with E-state index < -0.39 is 0 Å². The van der Waals surface area contributed by atoms with Gasteiger partial charge in [0.15, 0.2) is 0 Å². The van der Waals surface area contributed by atoms with E-state index in [2.05, 4.69) is 37.9 Å². The fourth-order valence-electron chi connectivity index (χ4n) is 4.01. The standard InChI is InChI=1S/C18H36N2/c1-15(16-6-5-10-19-14-16)7-11-20-12-8-17(9-13-20)18(2,3)4/h15-17,19H,5-14H2,1-4H3. The molecular weight excluding hydrogens is 244 g/mol. The molecule has 2 unspecified atom stereocenters. The second-order valence-electron chi connectivity index (χ2n) is 8.35. The molecular formula is C18H36N2. The van der Waals surface area contributed by atoms with Gasteiger partial charge >= 0.3 is 0 Å². The Balaban J connectivity index is 1.65. The summed E-state index contributed by atoms with van der Waals surface area (Å²) in [5, 5.41) is 3.56. The predicted octanol–water partition coefficient (Wildman–Crippen LogP) is 3.77.